The van der Waals surface area contributed by atoms with Gasteiger partial charge in [-0.1, -0.05) is 0 Å². The molecule has 3 rings (SSSR count). The summed E-state index contributed by atoms with van der Waals surface area (Å²) < 4.78 is 32.8. The molecule has 8 heteroatoms. The Labute approximate surface area is 123 Å². The fourth-order valence-corrected chi connectivity index (χ4v) is 3.05. The average molecular weight is 313 g/mol. The molecule has 3 heterocycles. The summed E-state index contributed by atoms with van der Waals surface area (Å²) in [5.41, 5.74) is 0.661. The Kier molecular flexibility index (Phi) is 3.98. The van der Waals surface area contributed by atoms with E-state index in [1.165, 1.54) is 10.8 Å². The Hall–Kier alpha value is -1.80. The second-order valence-electron chi connectivity index (χ2n) is 4.59. The van der Waals surface area contributed by atoms with Crippen LogP contribution in [0.5, 0.6) is 0 Å². The maximum Gasteiger partial charge on any atom is 0.265 e. The van der Waals surface area contributed by atoms with Crippen molar-refractivity contribution < 1.29 is 18.3 Å². The molecule has 0 spiro atoms. The van der Waals surface area contributed by atoms with E-state index < -0.39 is 12.3 Å². The highest BCUT2D eigenvalue weighted by atomic mass is 32.1. The lowest BCUT2D eigenvalue weighted by atomic mass is 10.2. The molecule has 0 saturated carbocycles. The number of carbonyl (C=O) groups is 1. The lowest BCUT2D eigenvalue weighted by Gasteiger charge is -2.17. The molecule has 1 aliphatic rings. The van der Waals surface area contributed by atoms with E-state index in [9.17, 15) is 13.6 Å². The number of imidazole rings is 1. The fraction of sp³-hybridized carbons (Fsp3) is 0.385. The Morgan fingerprint density at radius 2 is 2.38 bits per heavy atom. The number of nitrogens with one attached hydrogen (secondary N) is 1. The Balaban J connectivity index is 1.69. The van der Waals surface area contributed by atoms with E-state index in [2.05, 4.69) is 10.3 Å². The predicted molar refractivity (Wildman–Crippen MR) is 72.3 cm³/mol. The molecule has 0 saturated heterocycles. The molecule has 1 N–H and O–H groups in total. The zero-order chi connectivity index (χ0) is 14.8. The van der Waals surface area contributed by atoms with Crippen LogP contribution in [0.1, 0.15) is 33.9 Å². The van der Waals surface area contributed by atoms with Crippen LogP contribution in [0.3, 0.4) is 0 Å². The number of halogens is 2. The van der Waals surface area contributed by atoms with Gasteiger partial charge in [0.1, 0.15) is 12.4 Å². The summed E-state index contributed by atoms with van der Waals surface area (Å²) in [7, 11) is 0. The molecule has 2 aromatic heterocycles. The van der Waals surface area contributed by atoms with Gasteiger partial charge >= 0.3 is 0 Å². The zero-order valence-electron chi connectivity index (χ0n) is 11.0. The van der Waals surface area contributed by atoms with Gasteiger partial charge in [0.15, 0.2) is 0 Å². The Morgan fingerprint density at radius 3 is 3.19 bits per heavy atom. The van der Waals surface area contributed by atoms with E-state index >= 15 is 0 Å². The number of rotatable bonds is 4. The number of thiophene rings is 1. The van der Waals surface area contributed by atoms with Crippen LogP contribution in [-0.4, -0.2) is 22.1 Å². The molecule has 0 fully saturated rings. The molecule has 1 amide bonds. The molecular weight excluding hydrogens is 300 g/mol. The van der Waals surface area contributed by atoms with Crippen LogP contribution in [0.4, 0.5) is 8.78 Å². The summed E-state index contributed by atoms with van der Waals surface area (Å²) in [6.45, 7) is 1.99. The van der Waals surface area contributed by atoms with Crippen LogP contribution in [0.2, 0.25) is 0 Å². The van der Waals surface area contributed by atoms with Gasteiger partial charge in [-0.15, -0.1) is 0 Å². The number of carbonyl (C=O) groups excluding carboxylic acids is 1. The van der Waals surface area contributed by atoms with Crippen molar-refractivity contribution >= 4 is 17.2 Å². The highest BCUT2D eigenvalue weighted by Gasteiger charge is 2.20. The lowest BCUT2D eigenvalue weighted by Crippen LogP contribution is -2.26. The van der Waals surface area contributed by atoms with Gasteiger partial charge in [-0.2, -0.15) is 11.3 Å². The van der Waals surface area contributed by atoms with Gasteiger partial charge < -0.3 is 14.6 Å². The van der Waals surface area contributed by atoms with Crippen LogP contribution in [0.25, 0.3) is 0 Å². The minimum Gasteiger partial charge on any atom is -0.372 e. The summed E-state index contributed by atoms with van der Waals surface area (Å²) >= 11 is 1.09. The topological polar surface area (TPSA) is 56.2 Å². The fourth-order valence-electron chi connectivity index (χ4n) is 2.23. The first-order valence-corrected chi connectivity index (χ1v) is 7.34. The van der Waals surface area contributed by atoms with Gasteiger partial charge in [0, 0.05) is 22.9 Å². The Bertz CT molecular complexity index is 654. The summed E-state index contributed by atoms with van der Waals surface area (Å²) in [6, 6.07) is 0. The molecule has 1 aliphatic heterocycles. The van der Waals surface area contributed by atoms with E-state index in [1.807, 2.05) is 4.57 Å². The Morgan fingerprint density at radius 1 is 1.52 bits per heavy atom. The van der Waals surface area contributed by atoms with Crippen molar-refractivity contribution in [2.75, 3.05) is 6.61 Å². The van der Waals surface area contributed by atoms with Crippen molar-refractivity contribution in [3.05, 3.63) is 39.6 Å². The normalized spacial score (nSPS) is 14.2. The van der Waals surface area contributed by atoms with Crippen LogP contribution >= 0.6 is 11.3 Å². The number of aromatic nitrogens is 2. The second-order valence-corrected chi connectivity index (χ2v) is 5.34. The predicted octanol–water partition coefficient (Wildman–Crippen LogP) is 2.34. The van der Waals surface area contributed by atoms with Crippen LogP contribution in [-0.2, 0) is 24.4 Å². The first kappa shape index (κ1) is 14.2. The third-order valence-electron chi connectivity index (χ3n) is 3.31. The number of nitrogens with zero attached hydrogens (tertiary/aromatic N) is 2. The third kappa shape index (κ3) is 2.81. The molecule has 0 radical (unpaired) electrons. The number of fused-ring (bicyclic) bond motifs is 1. The summed E-state index contributed by atoms with van der Waals surface area (Å²) in [4.78, 5) is 16.2. The van der Waals surface area contributed by atoms with E-state index in [1.54, 1.807) is 6.20 Å². The van der Waals surface area contributed by atoms with Crippen molar-refractivity contribution in [3.8, 4) is 0 Å². The zero-order valence-corrected chi connectivity index (χ0v) is 11.8. The molecule has 2 aromatic rings. The first-order valence-electron chi connectivity index (χ1n) is 6.40. The second kappa shape index (κ2) is 5.90. The van der Waals surface area contributed by atoms with E-state index in [-0.39, 0.29) is 17.7 Å². The third-order valence-corrected chi connectivity index (χ3v) is 4.07. The number of alkyl halides is 2. The highest BCUT2D eigenvalue weighted by molar-refractivity contribution is 7.08. The van der Waals surface area contributed by atoms with Gasteiger partial charge in [0.2, 0.25) is 0 Å². The first-order chi connectivity index (χ1) is 10.2. The van der Waals surface area contributed by atoms with Gasteiger partial charge in [-0.3, -0.25) is 4.79 Å². The van der Waals surface area contributed by atoms with Crippen molar-refractivity contribution in [2.45, 2.75) is 26.1 Å². The van der Waals surface area contributed by atoms with Crippen molar-refractivity contribution in [3.63, 3.8) is 0 Å². The molecule has 0 atom stereocenters. The number of amides is 1. The molecule has 0 aliphatic carbocycles. The smallest absolute Gasteiger partial charge is 0.265 e. The molecule has 0 unspecified atom stereocenters. The molecule has 5 nitrogen and oxygen atoms in total. The van der Waals surface area contributed by atoms with Crippen molar-refractivity contribution in [2.24, 2.45) is 0 Å². The quantitative estimate of drug-likeness (QED) is 0.942. The van der Waals surface area contributed by atoms with E-state index in [0.717, 1.165) is 22.9 Å². The molecule has 0 bridgehead atoms. The van der Waals surface area contributed by atoms with Crippen LogP contribution < -0.4 is 5.32 Å². The minimum atomic E-state index is -2.64. The maximum atomic E-state index is 12.8. The van der Waals surface area contributed by atoms with Gasteiger partial charge in [0.05, 0.1) is 30.6 Å². The van der Waals surface area contributed by atoms with Crippen molar-refractivity contribution in [1.29, 1.82) is 0 Å². The van der Waals surface area contributed by atoms with Gasteiger partial charge in [0.25, 0.3) is 12.3 Å². The number of hydrogen-bond donors (Lipinski definition) is 1. The SMILES string of the molecule is O=C(NCc1cnc2n1CCOC2)c1cscc1C(F)F. The van der Waals surface area contributed by atoms with E-state index in [0.29, 0.717) is 19.8 Å². The maximum absolute atomic E-state index is 12.8. The summed E-state index contributed by atoms with van der Waals surface area (Å²) in [5, 5.41) is 5.41. The molecule has 21 heavy (non-hydrogen) atoms. The minimum absolute atomic E-state index is 0.0386. The van der Waals surface area contributed by atoms with E-state index in [4.69, 9.17) is 4.74 Å². The summed E-state index contributed by atoms with van der Waals surface area (Å²) in [5.74, 6) is 0.323. The van der Waals surface area contributed by atoms with Gasteiger partial charge in [-0.25, -0.2) is 13.8 Å². The lowest BCUT2D eigenvalue weighted by molar-refractivity contribution is 0.0802. The van der Waals surface area contributed by atoms with Crippen molar-refractivity contribution in [1.82, 2.24) is 14.9 Å². The standard InChI is InChI=1S/C13H13F2N3O2S/c14-12(15)9-6-21-7-10(9)13(19)17-4-8-3-16-11-5-20-2-1-18(8)11/h3,6-7,12H,1-2,4-5H2,(H,17,19). The molecule has 0 aromatic carbocycles. The highest BCUT2D eigenvalue weighted by Crippen LogP contribution is 2.26. The number of hydrogen-bond acceptors (Lipinski definition) is 4. The van der Waals surface area contributed by atoms with Crippen LogP contribution in [0.15, 0.2) is 17.0 Å². The average Bonchev–Trinajstić information content (AvgIpc) is 3.12. The largest absolute Gasteiger partial charge is 0.372 e. The monoisotopic (exact) mass is 313 g/mol. The molecule has 112 valence electrons. The van der Waals surface area contributed by atoms with Crippen LogP contribution in [0, 0.1) is 0 Å². The van der Waals surface area contributed by atoms with Gasteiger partial charge in [-0.05, 0) is 0 Å². The molecular formula is C13H13F2N3O2S. The summed E-state index contributed by atoms with van der Waals surface area (Å²) in [6.07, 6.45) is -0.969. The number of ether oxygens (including phenoxy) is 1.